The Hall–Kier alpha value is -2.66. The molecule has 1 aliphatic heterocycles. The van der Waals surface area contributed by atoms with Crippen molar-refractivity contribution in [1.29, 1.82) is 0 Å². The Morgan fingerprint density at radius 3 is 3.09 bits per heavy atom. The Morgan fingerprint density at radius 2 is 2.43 bits per heavy atom. The zero-order valence-electron chi connectivity index (χ0n) is 12.2. The lowest BCUT2D eigenvalue weighted by atomic mass is 10.1. The van der Waals surface area contributed by atoms with Crippen LogP contribution in [0.1, 0.15) is 12.6 Å². The van der Waals surface area contributed by atoms with Gasteiger partial charge in [0.1, 0.15) is 6.23 Å². The van der Waals surface area contributed by atoms with Crippen LogP contribution in [0.3, 0.4) is 0 Å². The molecule has 1 fully saturated rings. The number of hydrogen-bond acceptors (Lipinski definition) is 9. The SMILES string of the molecule is CNc1nc(N)nc2c1ncn2[C@H]1C[C@H](O)[C@](CO)(N=[N+]=[N-])O1. The van der Waals surface area contributed by atoms with Gasteiger partial charge in [-0.15, -0.1) is 0 Å². The summed E-state index contributed by atoms with van der Waals surface area (Å²) in [5.41, 5.74) is 13.4. The molecule has 12 heteroatoms. The van der Waals surface area contributed by atoms with E-state index in [4.69, 9.17) is 16.0 Å². The van der Waals surface area contributed by atoms with Gasteiger partial charge in [0.15, 0.2) is 22.7 Å². The third-order valence-electron chi connectivity index (χ3n) is 3.71. The average molecular weight is 321 g/mol. The first-order chi connectivity index (χ1) is 11.0. The van der Waals surface area contributed by atoms with Crippen LogP contribution in [0.4, 0.5) is 11.8 Å². The largest absolute Gasteiger partial charge is 0.393 e. The minimum absolute atomic E-state index is 0.0469. The number of anilines is 2. The van der Waals surface area contributed by atoms with Crippen LogP contribution >= 0.6 is 0 Å². The minimum atomic E-state index is -1.74. The summed E-state index contributed by atoms with van der Waals surface area (Å²) in [4.78, 5) is 15.0. The fourth-order valence-electron chi connectivity index (χ4n) is 2.57. The fourth-order valence-corrected chi connectivity index (χ4v) is 2.57. The molecule has 3 heterocycles. The molecule has 2 aromatic rings. The quantitative estimate of drug-likeness (QED) is 0.337. The molecule has 122 valence electrons. The molecule has 3 rings (SSSR count). The molecule has 0 radical (unpaired) electrons. The Kier molecular flexibility index (Phi) is 3.66. The van der Waals surface area contributed by atoms with Crippen LogP contribution in [0.5, 0.6) is 0 Å². The number of aliphatic hydroxyl groups excluding tert-OH is 2. The summed E-state index contributed by atoms with van der Waals surface area (Å²) in [6, 6.07) is 0. The number of imidazole rings is 1. The van der Waals surface area contributed by atoms with Crippen LogP contribution in [0, 0.1) is 0 Å². The predicted molar refractivity (Wildman–Crippen MR) is 79.0 cm³/mol. The van der Waals surface area contributed by atoms with E-state index in [9.17, 15) is 10.2 Å². The molecule has 0 unspecified atom stereocenters. The van der Waals surface area contributed by atoms with Crippen molar-refractivity contribution in [3.63, 3.8) is 0 Å². The molecular formula is C11H15N9O3. The van der Waals surface area contributed by atoms with Crippen LogP contribution in [0.15, 0.2) is 11.4 Å². The number of nitrogen functional groups attached to an aromatic ring is 1. The molecule has 1 aliphatic rings. The maximum atomic E-state index is 10.1. The molecule has 2 aromatic heterocycles. The standard InChI is InChI=1S/C11H15N9O3/c1-14-8-7-9(17-10(12)16-8)20(4-15-7)6-2-5(22)11(3-21,23-6)18-19-13/h4-6,21-22H,2-3H2,1H3,(H3,12,14,16,17)/t5-,6+,11+/m0/s1. The first-order valence-corrected chi connectivity index (χ1v) is 6.75. The molecule has 5 N–H and O–H groups in total. The van der Waals surface area contributed by atoms with Crippen molar-refractivity contribution >= 4 is 22.9 Å². The van der Waals surface area contributed by atoms with Crippen molar-refractivity contribution in [2.45, 2.75) is 24.5 Å². The lowest BCUT2D eigenvalue weighted by Crippen LogP contribution is -2.40. The normalized spacial score (nSPS) is 27.1. The number of nitrogens with zero attached hydrogens (tertiary/aromatic N) is 7. The van der Waals surface area contributed by atoms with Gasteiger partial charge in [-0.25, -0.2) is 4.98 Å². The number of ether oxygens (including phenoxy) is 1. The van der Waals surface area contributed by atoms with Gasteiger partial charge < -0.3 is 26.0 Å². The van der Waals surface area contributed by atoms with Crippen molar-refractivity contribution in [1.82, 2.24) is 19.5 Å². The van der Waals surface area contributed by atoms with Crippen LogP contribution < -0.4 is 11.1 Å². The van der Waals surface area contributed by atoms with Crippen molar-refractivity contribution < 1.29 is 14.9 Å². The molecule has 12 nitrogen and oxygen atoms in total. The zero-order valence-corrected chi connectivity index (χ0v) is 12.2. The maximum Gasteiger partial charge on any atom is 0.224 e. The van der Waals surface area contributed by atoms with E-state index < -0.39 is 24.7 Å². The average Bonchev–Trinajstić information content (AvgIpc) is 3.09. The van der Waals surface area contributed by atoms with E-state index in [1.807, 2.05) is 0 Å². The van der Waals surface area contributed by atoms with Crippen LogP contribution in [-0.2, 0) is 4.74 Å². The third-order valence-corrected chi connectivity index (χ3v) is 3.71. The number of aromatic nitrogens is 4. The summed E-state index contributed by atoms with van der Waals surface area (Å²) in [6.45, 7) is -0.653. The Balaban J connectivity index is 2.05. The number of aliphatic hydroxyl groups is 2. The van der Waals surface area contributed by atoms with Gasteiger partial charge in [-0.3, -0.25) is 4.57 Å². The van der Waals surface area contributed by atoms with E-state index >= 15 is 0 Å². The van der Waals surface area contributed by atoms with Gasteiger partial charge in [0.2, 0.25) is 5.95 Å². The summed E-state index contributed by atoms with van der Waals surface area (Å²) >= 11 is 0. The number of azide groups is 1. The highest BCUT2D eigenvalue weighted by molar-refractivity contribution is 5.84. The molecule has 1 saturated heterocycles. The highest BCUT2D eigenvalue weighted by Crippen LogP contribution is 2.39. The van der Waals surface area contributed by atoms with E-state index in [1.165, 1.54) is 6.33 Å². The molecule has 0 spiro atoms. The van der Waals surface area contributed by atoms with Gasteiger partial charge in [-0.2, -0.15) is 9.97 Å². The van der Waals surface area contributed by atoms with E-state index in [1.54, 1.807) is 11.6 Å². The Morgan fingerprint density at radius 1 is 1.65 bits per heavy atom. The van der Waals surface area contributed by atoms with Crippen molar-refractivity contribution in [2.75, 3.05) is 24.7 Å². The Bertz CT molecular complexity index is 786. The molecular weight excluding hydrogens is 306 g/mol. The van der Waals surface area contributed by atoms with E-state index in [0.717, 1.165) is 0 Å². The molecule has 0 aliphatic carbocycles. The molecule has 23 heavy (non-hydrogen) atoms. The number of nitrogens with one attached hydrogen (secondary N) is 1. The molecule has 0 amide bonds. The van der Waals surface area contributed by atoms with E-state index in [0.29, 0.717) is 17.0 Å². The summed E-state index contributed by atoms with van der Waals surface area (Å²) in [5, 5.41) is 25.8. The number of fused-ring (bicyclic) bond motifs is 1. The first kappa shape index (κ1) is 15.2. The minimum Gasteiger partial charge on any atom is -0.393 e. The summed E-state index contributed by atoms with van der Waals surface area (Å²) in [5.74, 6) is 0.499. The molecule has 0 aromatic carbocycles. The third kappa shape index (κ3) is 2.29. The zero-order chi connectivity index (χ0) is 16.6. The molecule has 3 atom stereocenters. The van der Waals surface area contributed by atoms with Gasteiger partial charge in [0.25, 0.3) is 0 Å². The highest BCUT2D eigenvalue weighted by Gasteiger charge is 2.48. The van der Waals surface area contributed by atoms with Crippen molar-refractivity contribution in [3.8, 4) is 0 Å². The van der Waals surface area contributed by atoms with E-state index in [2.05, 4.69) is 30.3 Å². The van der Waals surface area contributed by atoms with Gasteiger partial charge in [0, 0.05) is 18.4 Å². The second-order valence-electron chi connectivity index (χ2n) is 5.02. The second kappa shape index (κ2) is 5.52. The van der Waals surface area contributed by atoms with Crippen molar-refractivity contribution in [2.24, 2.45) is 5.11 Å². The van der Waals surface area contributed by atoms with Crippen LogP contribution in [-0.4, -0.2) is 55.2 Å². The lowest BCUT2D eigenvalue weighted by molar-refractivity contribution is -0.122. The van der Waals surface area contributed by atoms with Gasteiger partial charge in [-0.05, 0) is 5.53 Å². The van der Waals surface area contributed by atoms with E-state index in [-0.39, 0.29) is 12.4 Å². The van der Waals surface area contributed by atoms with Gasteiger partial charge in [0.05, 0.1) is 19.0 Å². The maximum absolute atomic E-state index is 10.1. The van der Waals surface area contributed by atoms with Gasteiger partial charge >= 0.3 is 0 Å². The smallest absolute Gasteiger partial charge is 0.224 e. The number of nitrogens with two attached hydrogens (primary N) is 1. The van der Waals surface area contributed by atoms with Gasteiger partial charge in [-0.1, -0.05) is 5.11 Å². The monoisotopic (exact) mass is 321 g/mol. The lowest BCUT2D eigenvalue weighted by Gasteiger charge is -2.24. The summed E-state index contributed by atoms with van der Waals surface area (Å²) in [6.07, 6.45) is -0.356. The first-order valence-electron chi connectivity index (χ1n) is 6.75. The fraction of sp³-hybridized carbons (Fsp3) is 0.545. The number of rotatable bonds is 4. The second-order valence-corrected chi connectivity index (χ2v) is 5.02. The topological polar surface area (TPSA) is 180 Å². The number of hydrogen-bond donors (Lipinski definition) is 4. The molecule has 0 saturated carbocycles. The summed E-state index contributed by atoms with van der Waals surface area (Å²) < 4.78 is 7.14. The van der Waals surface area contributed by atoms with Crippen molar-refractivity contribution in [3.05, 3.63) is 16.8 Å². The molecule has 0 bridgehead atoms. The predicted octanol–water partition coefficient (Wildman–Crippen LogP) is -0.271. The van der Waals surface area contributed by atoms with Crippen LogP contribution in [0.2, 0.25) is 0 Å². The Labute approximate surface area is 129 Å². The summed E-state index contributed by atoms with van der Waals surface area (Å²) in [7, 11) is 1.68. The van der Waals surface area contributed by atoms with Crippen LogP contribution in [0.25, 0.3) is 21.6 Å². The highest BCUT2D eigenvalue weighted by atomic mass is 16.6.